The SMILES string of the molecule is Cl.Cl.c1cnc2nc(CN3CCNCC3)cn2c1. The Morgan fingerprint density at radius 3 is 2.72 bits per heavy atom. The zero-order valence-electron chi connectivity index (χ0n) is 9.95. The van der Waals surface area contributed by atoms with E-state index in [1.54, 1.807) is 6.20 Å². The van der Waals surface area contributed by atoms with E-state index >= 15 is 0 Å². The van der Waals surface area contributed by atoms with Gasteiger partial charge < -0.3 is 5.32 Å². The highest BCUT2D eigenvalue weighted by molar-refractivity contribution is 5.85. The smallest absolute Gasteiger partial charge is 0.233 e. The van der Waals surface area contributed by atoms with Gasteiger partial charge in [0.05, 0.1) is 5.69 Å². The summed E-state index contributed by atoms with van der Waals surface area (Å²) in [5.74, 6) is 0.785. The monoisotopic (exact) mass is 289 g/mol. The van der Waals surface area contributed by atoms with Crippen molar-refractivity contribution in [2.24, 2.45) is 0 Å². The molecule has 2 aromatic rings. The van der Waals surface area contributed by atoms with Crippen LogP contribution < -0.4 is 5.32 Å². The Morgan fingerprint density at radius 1 is 1.22 bits per heavy atom. The van der Waals surface area contributed by atoms with E-state index < -0.39 is 0 Å². The summed E-state index contributed by atoms with van der Waals surface area (Å²) in [6.45, 7) is 5.27. The maximum absolute atomic E-state index is 4.50. The van der Waals surface area contributed by atoms with Crippen LogP contribution in [0.15, 0.2) is 24.7 Å². The summed E-state index contributed by atoms with van der Waals surface area (Å²) < 4.78 is 1.97. The van der Waals surface area contributed by atoms with E-state index in [-0.39, 0.29) is 24.8 Å². The predicted octanol–water partition coefficient (Wildman–Crippen LogP) is 0.978. The summed E-state index contributed by atoms with van der Waals surface area (Å²) in [5.41, 5.74) is 1.10. The summed E-state index contributed by atoms with van der Waals surface area (Å²) >= 11 is 0. The highest BCUT2D eigenvalue weighted by Crippen LogP contribution is 2.06. The third-order valence-corrected chi connectivity index (χ3v) is 2.88. The van der Waals surface area contributed by atoms with Gasteiger partial charge in [0, 0.05) is 51.3 Å². The molecule has 0 radical (unpaired) electrons. The molecule has 7 heteroatoms. The number of imidazole rings is 1. The molecule has 1 aliphatic rings. The van der Waals surface area contributed by atoms with Crippen molar-refractivity contribution in [1.82, 2.24) is 24.6 Å². The quantitative estimate of drug-likeness (QED) is 0.895. The van der Waals surface area contributed by atoms with E-state index in [1.807, 2.05) is 16.7 Å². The van der Waals surface area contributed by atoms with Gasteiger partial charge in [-0.2, -0.15) is 0 Å². The average Bonchev–Trinajstić information content (AvgIpc) is 2.72. The lowest BCUT2D eigenvalue weighted by atomic mass is 10.3. The van der Waals surface area contributed by atoms with Gasteiger partial charge in [0.25, 0.3) is 0 Å². The second-order valence-electron chi connectivity index (χ2n) is 4.09. The second kappa shape index (κ2) is 6.89. The number of hydrogen-bond acceptors (Lipinski definition) is 4. The average molecular weight is 290 g/mol. The Bertz CT molecular complexity index is 448. The van der Waals surface area contributed by atoms with Gasteiger partial charge in [0.2, 0.25) is 5.78 Å². The summed E-state index contributed by atoms with van der Waals surface area (Å²) in [6.07, 6.45) is 5.82. The van der Waals surface area contributed by atoms with E-state index in [2.05, 4.69) is 26.4 Å². The van der Waals surface area contributed by atoms with Gasteiger partial charge in [-0.05, 0) is 6.07 Å². The van der Waals surface area contributed by atoms with Crippen LogP contribution in [0, 0.1) is 0 Å². The fourth-order valence-electron chi connectivity index (χ4n) is 2.05. The minimum absolute atomic E-state index is 0. The van der Waals surface area contributed by atoms with Crippen LogP contribution in [0.1, 0.15) is 5.69 Å². The van der Waals surface area contributed by atoms with Gasteiger partial charge >= 0.3 is 0 Å². The molecule has 1 saturated heterocycles. The maximum Gasteiger partial charge on any atom is 0.233 e. The Kier molecular flexibility index (Phi) is 5.81. The fraction of sp³-hybridized carbons (Fsp3) is 0.455. The number of hydrogen-bond donors (Lipinski definition) is 1. The Hall–Kier alpha value is -0.880. The molecule has 18 heavy (non-hydrogen) atoms. The molecule has 0 amide bonds. The number of nitrogens with one attached hydrogen (secondary N) is 1. The molecule has 1 fully saturated rings. The van der Waals surface area contributed by atoms with Crippen molar-refractivity contribution < 1.29 is 0 Å². The van der Waals surface area contributed by atoms with Crippen LogP contribution in [0.4, 0.5) is 0 Å². The minimum Gasteiger partial charge on any atom is -0.314 e. The molecule has 0 saturated carbocycles. The molecule has 0 atom stereocenters. The van der Waals surface area contributed by atoms with Crippen molar-refractivity contribution in [3.8, 4) is 0 Å². The van der Waals surface area contributed by atoms with Crippen LogP contribution >= 0.6 is 24.8 Å². The first kappa shape index (κ1) is 15.2. The van der Waals surface area contributed by atoms with Crippen molar-refractivity contribution in [2.45, 2.75) is 6.54 Å². The van der Waals surface area contributed by atoms with Crippen molar-refractivity contribution in [1.29, 1.82) is 0 Å². The van der Waals surface area contributed by atoms with Gasteiger partial charge in [-0.3, -0.25) is 9.30 Å². The van der Waals surface area contributed by atoms with Crippen LogP contribution in [0.2, 0.25) is 0 Å². The highest BCUT2D eigenvalue weighted by atomic mass is 35.5. The van der Waals surface area contributed by atoms with E-state index in [9.17, 15) is 0 Å². The molecular weight excluding hydrogens is 273 g/mol. The largest absolute Gasteiger partial charge is 0.314 e. The Labute approximate surface area is 118 Å². The molecule has 3 rings (SSSR count). The number of rotatable bonds is 2. The van der Waals surface area contributed by atoms with Crippen molar-refractivity contribution in [3.05, 3.63) is 30.4 Å². The standard InChI is InChI=1S/C11H15N5.2ClH/c1-2-13-11-14-10(9-16(11)5-1)8-15-6-3-12-4-7-15;;/h1-2,5,9,12H,3-4,6-8H2;2*1H. The molecule has 100 valence electrons. The van der Waals surface area contributed by atoms with E-state index in [0.29, 0.717) is 0 Å². The van der Waals surface area contributed by atoms with Gasteiger partial charge in [0.15, 0.2) is 0 Å². The van der Waals surface area contributed by atoms with E-state index in [0.717, 1.165) is 44.2 Å². The highest BCUT2D eigenvalue weighted by Gasteiger charge is 2.11. The van der Waals surface area contributed by atoms with Gasteiger partial charge in [0.1, 0.15) is 0 Å². The van der Waals surface area contributed by atoms with Crippen LogP contribution in [-0.4, -0.2) is 45.4 Å². The van der Waals surface area contributed by atoms with Crippen LogP contribution in [0.25, 0.3) is 5.78 Å². The minimum atomic E-state index is 0. The first-order chi connectivity index (χ1) is 7.92. The van der Waals surface area contributed by atoms with Crippen LogP contribution in [0.5, 0.6) is 0 Å². The number of piperazine rings is 1. The molecule has 0 bridgehead atoms. The Morgan fingerprint density at radius 2 is 2.00 bits per heavy atom. The summed E-state index contributed by atoms with van der Waals surface area (Å²) in [4.78, 5) is 11.1. The maximum atomic E-state index is 4.50. The normalized spacial score (nSPS) is 16.0. The fourth-order valence-corrected chi connectivity index (χ4v) is 2.05. The van der Waals surface area contributed by atoms with Crippen molar-refractivity contribution >= 4 is 30.6 Å². The lowest BCUT2D eigenvalue weighted by Gasteiger charge is -2.26. The van der Waals surface area contributed by atoms with Crippen molar-refractivity contribution in [3.63, 3.8) is 0 Å². The predicted molar refractivity (Wildman–Crippen MR) is 75.6 cm³/mol. The molecule has 5 nitrogen and oxygen atoms in total. The van der Waals surface area contributed by atoms with Gasteiger partial charge in [-0.15, -0.1) is 24.8 Å². The molecule has 0 unspecified atom stereocenters. The van der Waals surface area contributed by atoms with Crippen molar-refractivity contribution in [2.75, 3.05) is 26.2 Å². The number of nitrogens with zero attached hydrogens (tertiary/aromatic N) is 4. The molecule has 0 spiro atoms. The molecule has 3 heterocycles. The van der Waals surface area contributed by atoms with Gasteiger partial charge in [-0.1, -0.05) is 0 Å². The number of fused-ring (bicyclic) bond motifs is 1. The molecular formula is C11H17Cl2N5. The first-order valence-corrected chi connectivity index (χ1v) is 5.63. The lowest BCUT2D eigenvalue weighted by Crippen LogP contribution is -2.42. The third kappa shape index (κ3) is 3.32. The van der Waals surface area contributed by atoms with E-state index in [1.165, 1.54) is 0 Å². The molecule has 0 aromatic carbocycles. The van der Waals surface area contributed by atoms with Gasteiger partial charge in [-0.25, -0.2) is 9.97 Å². The topological polar surface area (TPSA) is 45.5 Å². The third-order valence-electron chi connectivity index (χ3n) is 2.88. The summed E-state index contributed by atoms with van der Waals surface area (Å²) in [7, 11) is 0. The van der Waals surface area contributed by atoms with Crippen LogP contribution in [0.3, 0.4) is 0 Å². The first-order valence-electron chi connectivity index (χ1n) is 5.63. The molecule has 2 aromatic heterocycles. The number of halogens is 2. The molecule has 0 aliphatic carbocycles. The zero-order valence-corrected chi connectivity index (χ0v) is 11.6. The van der Waals surface area contributed by atoms with Crippen LogP contribution in [-0.2, 0) is 6.54 Å². The zero-order chi connectivity index (χ0) is 10.8. The molecule has 1 N–H and O–H groups in total. The Balaban J connectivity index is 0.000000810. The molecule has 1 aliphatic heterocycles. The number of aromatic nitrogens is 3. The second-order valence-corrected chi connectivity index (χ2v) is 4.09. The lowest BCUT2D eigenvalue weighted by molar-refractivity contribution is 0.231. The summed E-state index contributed by atoms with van der Waals surface area (Å²) in [5, 5.41) is 3.35. The summed E-state index contributed by atoms with van der Waals surface area (Å²) in [6, 6.07) is 1.92. The van der Waals surface area contributed by atoms with E-state index in [4.69, 9.17) is 0 Å².